The second-order valence-electron chi connectivity index (χ2n) is 14.1. The summed E-state index contributed by atoms with van der Waals surface area (Å²) >= 11 is 0. The molecular weight excluding hydrogens is 653 g/mol. The van der Waals surface area contributed by atoms with Gasteiger partial charge in [0, 0.05) is 32.9 Å². The van der Waals surface area contributed by atoms with Gasteiger partial charge < -0.3 is 9.47 Å². The molecule has 252 valence electrons. The molecule has 0 bridgehead atoms. The van der Waals surface area contributed by atoms with Crippen molar-refractivity contribution in [3.63, 3.8) is 0 Å². The lowest BCUT2D eigenvalue weighted by Gasteiger charge is -2.28. The summed E-state index contributed by atoms with van der Waals surface area (Å²) in [4.78, 5) is 2.44. The van der Waals surface area contributed by atoms with E-state index in [4.69, 9.17) is 0 Å². The van der Waals surface area contributed by atoms with Crippen molar-refractivity contribution in [3.05, 3.63) is 206 Å². The van der Waals surface area contributed by atoms with Gasteiger partial charge in [-0.05, 0) is 92.3 Å². The van der Waals surface area contributed by atoms with Crippen LogP contribution in [0.4, 0.5) is 17.1 Å². The smallest absolute Gasteiger partial charge is 0.0541 e. The van der Waals surface area contributed by atoms with Crippen molar-refractivity contribution in [2.24, 2.45) is 0 Å². The van der Waals surface area contributed by atoms with E-state index in [1.54, 1.807) is 0 Å². The van der Waals surface area contributed by atoms with Gasteiger partial charge in [-0.1, -0.05) is 158 Å². The van der Waals surface area contributed by atoms with Crippen molar-refractivity contribution >= 4 is 71.2 Å². The first-order valence-corrected chi connectivity index (χ1v) is 18.6. The minimum absolute atomic E-state index is 1.11. The van der Waals surface area contributed by atoms with Gasteiger partial charge >= 0.3 is 0 Å². The Kier molecular flexibility index (Phi) is 6.90. The highest BCUT2D eigenvalue weighted by Gasteiger charge is 2.21. The Hall–Kier alpha value is -7.16. The molecule has 2 heteroatoms. The molecule has 0 spiro atoms. The number of anilines is 3. The number of hydrogen-bond donors (Lipinski definition) is 0. The van der Waals surface area contributed by atoms with Crippen LogP contribution in [0, 0.1) is 0 Å². The molecular formula is C52H34N2. The Labute approximate surface area is 313 Å². The number of hydrogen-bond acceptors (Lipinski definition) is 1. The number of benzene rings is 10. The third-order valence-corrected chi connectivity index (χ3v) is 11.1. The Balaban J connectivity index is 1.18. The largest absolute Gasteiger partial charge is 0.310 e. The second kappa shape index (κ2) is 12.2. The van der Waals surface area contributed by atoms with E-state index in [-0.39, 0.29) is 0 Å². The van der Waals surface area contributed by atoms with Crippen LogP contribution >= 0.6 is 0 Å². The van der Waals surface area contributed by atoms with Crippen molar-refractivity contribution in [2.45, 2.75) is 0 Å². The van der Waals surface area contributed by atoms with Crippen molar-refractivity contribution < 1.29 is 0 Å². The third-order valence-electron chi connectivity index (χ3n) is 11.1. The molecule has 10 aromatic carbocycles. The topological polar surface area (TPSA) is 8.17 Å². The normalized spacial score (nSPS) is 11.7. The lowest BCUT2D eigenvalue weighted by atomic mass is 9.92. The van der Waals surface area contributed by atoms with E-state index in [0.717, 1.165) is 17.1 Å². The zero-order chi connectivity index (χ0) is 35.6. The van der Waals surface area contributed by atoms with Gasteiger partial charge in [0.15, 0.2) is 0 Å². The zero-order valence-electron chi connectivity index (χ0n) is 29.5. The van der Waals surface area contributed by atoms with Crippen molar-refractivity contribution in [3.8, 4) is 27.9 Å². The van der Waals surface area contributed by atoms with Gasteiger partial charge in [0.25, 0.3) is 0 Å². The molecule has 11 aromatic rings. The summed E-state index contributed by atoms with van der Waals surface area (Å²) in [6, 6.07) is 75.2. The standard InChI is InChI=1S/C52H34N2/c1-3-13-35(14-4-1)39-17-11-19-41(33-39)53(42-20-12-18-40(34-42)36-15-5-2-6-16-36)49-31-27-37-26-30-46-50(32-28-38-25-29-45(49)51(37)52(38)46)54-47-23-9-7-21-43(47)44-22-8-10-24-48(44)54/h1-34H. The third kappa shape index (κ3) is 4.74. The van der Waals surface area contributed by atoms with E-state index in [1.165, 1.54) is 82.1 Å². The van der Waals surface area contributed by atoms with E-state index < -0.39 is 0 Å². The van der Waals surface area contributed by atoms with Gasteiger partial charge in [-0.15, -0.1) is 0 Å². The van der Waals surface area contributed by atoms with Gasteiger partial charge in [0.2, 0.25) is 0 Å². The molecule has 0 unspecified atom stereocenters. The zero-order valence-corrected chi connectivity index (χ0v) is 29.5. The van der Waals surface area contributed by atoms with E-state index in [0.29, 0.717) is 0 Å². The minimum Gasteiger partial charge on any atom is -0.310 e. The fourth-order valence-corrected chi connectivity index (χ4v) is 8.68. The maximum Gasteiger partial charge on any atom is 0.0541 e. The molecule has 2 nitrogen and oxygen atoms in total. The quantitative estimate of drug-likeness (QED) is 0.158. The summed E-state index contributed by atoms with van der Waals surface area (Å²) < 4.78 is 2.45. The van der Waals surface area contributed by atoms with Crippen LogP contribution in [0.25, 0.3) is 82.1 Å². The van der Waals surface area contributed by atoms with Crippen molar-refractivity contribution in [2.75, 3.05) is 4.90 Å². The van der Waals surface area contributed by atoms with Crippen molar-refractivity contribution in [1.82, 2.24) is 4.57 Å². The van der Waals surface area contributed by atoms with Crippen molar-refractivity contribution in [1.29, 1.82) is 0 Å². The highest BCUT2D eigenvalue weighted by Crippen LogP contribution is 2.46. The monoisotopic (exact) mass is 686 g/mol. The maximum absolute atomic E-state index is 2.45. The molecule has 11 rings (SSSR count). The first-order valence-electron chi connectivity index (χ1n) is 18.6. The van der Waals surface area contributed by atoms with Crippen LogP contribution in [0.15, 0.2) is 206 Å². The van der Waals surface area contributed by atoms with Crippen LogP contribution in [-0.4, -0.2) is 4.57 Å². The molecule has 0 saturated carbocycles. The molecule has 0 fully saturated rings. The highest BCUT2D eigenvalue weighted by atomic mass is 15.1. The van der Waals surface area contributed by atoms with E-state index >= 15 is 0 Å². The molecule has 0 amide bonds. The number of nitrogens with zero attached hydrogens (tertiary/aromatic N) is 2. The minimum atomic E-state index is 1.11. The van der Waals surface area contributed by atoms with E-state index in [2.05, 4.69) is 216 Å². The average Bonchev–Trinajstić information content (AvgIpc) is 3.58. The molecule has 0 aliphatic rings. The molecule has 54 heavy (non-hydrogen) atoms. The maximum atomic E-state index is 2.45. The fraction of sp³-hybridized carbons (Fsp3) is 0. The molecule has 0 saturated heterocycles. The molecule has 0 aliphatic carbocycles. The van der Waals surface area contributed by atoms with Crippen LogP contribution in [-0.2, 0) is 0 Å². The lowest BCUT2D eigenvalue weighted by Crippen LogP contribution is -2.11. The first-order chi connectivity index (χ1) is 26.8. The Morgan fingerprint density at radius 1 is 0.315 bits per heavy atom. The Morgan fingerprint density at radius 3 is 1.37 bits per heavy atom. The molecule has 0 N–H and O–H groups in total. The highest BCUT2D eigenvalue weighted by molar-refractivity contribution is 6.27. The summed E-state index contributed by atoms with van der Waals surface area (Å²) in [6.45, 7) is 0. The average molecular weight is 687 g/mol. The van der Waals surface area contributed by atoms with Crippen LogP contribution in [0.3, 0.4) is 0 Å². The molecule has 1 aromatic heterocycles. The first kappa shape index (κ1) is 30.5. The van der Waals surface area contributed by atoms with Crippen LogP contribution in [0.2, 0.25) is 0 Å². The number of aromatic nitrogens is 1. The summed E-state index contributed by atoms with van der Waals surface area (Å²) in [6.07, 6.45) is 0. The Bertz CT molecular complexity index is 3020. The van der Waals surface area contributed by atoms with Gasteiger partial charge in [-0.3, -0.25) is 0 Å². The summed E-state index contributed by atoms with van der Waals surface area (Å²) in [5.41, 5.74) is 11.8. The van der Waals surface area contributed by atoms with Gasteiger partial charge in [0.1, 0.15) is 0 Å². The number of para-hydroxylation sites is 2. The molecule has 0 atom stereocenters. The number of fused-ring (bicyclic) bond motifs is 3. The molecule has 1 heterocycles. The van der Waals surface area contributed by atoms with Gasteiger partial charge in [-0.25, -0.2) is 0 Å². The predicted molar refractivity (Wildman–Crippen MR) is 230 cm³/mol. The SMILES string of the molecule is c1ccc(-c2cccc(N(c3cccc(-c4ccccc4)c3)c3ccc4ccc5c(-n6c7ccccc7c7ccccc76)ccc6ccc3c4c65)c2)cc1. The summed E-state index contributed by atoms with van der Waals surface area (Å²) in [5, 5.41) is 10.1. The fourth-order valence-electron chi connectivity index (χ4n) is 8.68. The van der Waals surface area contributed by atoms with Crippen LogP contribution in [0.5, 0.6) is 0 Å². The van der Waals surface area contributed by atoms with Gasteiger partial charge in [-0.2, -0.15) is 0 Å². The van der Waals surface area contributed by atoms with E-state index in [1.807, 2.05) is 0 Å². The summed E-state index contributed by atoms with van der Waals surface area (Å²) in [5.74, 6) is 0. The summed E-state index contributed by atoms with van der Waals surface area (Å²) in [7, 11) is 0. The van der Waals surface area contributed by atoms with E-state index in [9.17, 15) is 0 Å². The molecule has 0 radical (unpaired) electrons. The Morgan fingerprint density at radius 2 is 0.778 bits per heavy atom. The van der Waals surface area contributed by atoms with Gasteiger partial charge in [0.05, 0.1) is 22.4 Å². The van der Waals surface area contributed by atoms with Crippen LogP contribution in [0.1, 0.15) is 0 Å². The predicted octanol–water partition coefficient (Wildman–Crippen LogP) is 14.5. The second-order valence-corrected chi connectivity index (χ2v) is 14.1. The number of rotatable bonds is 6. The lowest BCUT2D eigenvalue weighted by molar-refractivity contribution is 1.20. The molecule has 0 aliphatic heterocycles. The van der Waals surface area contributed by atoms with Crippen LogP contribution < -0.4 is 4.90 Å².